The normalized spacial score (nSPS) is 15.2. The summed E-state index contributed by atoms with van der Waals surface area (Å²) >= 11 is 0. The average molecular weight is 314 g/mol. The number of fused-ring (bicyclic) bond motifs is 2. The molecule has 122 valence electrons. The summed E-state index contributed by atoms with van der Waals surface area (Å²) in [5.41, 5.74) is 15.0. The first-order chi connectivity index (χ1) is 11.5. The van der Waals surface area contributed by atoms with Gasteiger partial charge in [0.25, 0.3) is 0 Å². The van der Waals surface area contributed by atoms with E-state index in [4.69, 9.17) is 0 Å². The second kappa shape index (κ2) is 5.77. The highest BCUT2D eigenvalue weighted by atomic mass is 14.2. The Morgan fingerprint density at radius 1 is 0.583 bits per heavy atom. The van der Waals surface area contributed by atoms with E-state index in [1.54, 1.807) is 22.3 Å². The van der Waals surface area contributed by atoms with Gasteiger partial charge in [0.2, 0.25) is 0 Å². The summed E-state index contributed by atoms with van der Waals surface area (Å²) in [6.07, 6.45) is 9.62. The Hall–Kier alpha value is -2.08. The molecule has 0 nitrogen and oxygen atoms in total. The van der Waals surface area contributed by atoms with Crippen molar-refractivity contribution in [3.63, 3.8) is 0 Å². The van der Waals surface area contributed by atoms with Crippen LogP contribution < -0.4 is 0 Å². The summed E-state index contributed by atoms with van der Waals surface area (Å²) < 4.78 is 0. The molecule has 24 heavy (non-hydrogen) atoms. The van der Waals surface area contributed by atoms with E-state index >= 15 is 0 Å². The Balaban J connectivity index is 1.49. The van der Waals surface area contributed by atoms with Crippen molar-refractivity contribution < 1.29 is 0 Å². The third-order valence-electron chi connectivity index (χ3n) is 5.89. The molecule has 0 atom stereocenters. The van der Waals surface area contributed by atoms with Crippen molar-refractivity contribution in [3.8, 4) is 0 Å². The number of benzene rings is 2. The van der Waals surface area contributed by atoms with Crippen molar-refractivity contribution >= 4 is 12.2 Å². The molecule has 0 fully saturated rings. The van der Waals surface area contributed by atoms with Crippen LogP contribution in [0.5, 0.6) is 0 Å². The highest BCUT2D eigenvalue weighted by molar-refractivity contribution is 5.70. The fraction of sp³-hybridized carbons (Fsp3) is 0.333. The molecule has 0 spiro atoms. The van der Waals surface area contributed by atoms with Gasteiger partial charge in [-0.15, -0.1) is 0 Å². The maximum absolute atomic E-state index is 2.46. The summed E-state index contributed by atoms with van der Waals surface area (Å²) in [5.74, 6) is 0. The predicted molar refractivity (Wildman–Crippen MR) is 104 cm³/mol. The van der Waals surface area contributed by atoms with Crippen LogP contribution in [-0.4, -0.2) is 0 Å². The van der Waals surface area contributed by atoms with E-state index in [0.29, 0.717) is 0 Å². The van der Waals surface area contributed by atoms with Crippen molar-refractivity contribution in [3.05, 3.63) is 79.9 Å². The van der Waals surface area contributed by atoms with Gasteiger partial charge in [-0.3, -0.25) is 0 Å². The van der Waals surface area contributed by atoms with Crippen molar-refractivity contribution in [2.45, 2.75) is 53.4 Å². The molecule has 2 aromatic carbocycles. The lowest BCUT2D eigenvalue weighted by Crippen LogP contribution is -1.93. The van der Waals surface area contributed by atoms with E-state index in [1.807, 2.05) is 0 Å². The maximum atomic E-state index is 2.46. The summed E-state index contributed by atoms with van der Waals surface area (Å²) in [5, 5.41) is 0. The molecule has 0 N–H and O–H groups in total. The Morgan fingerprint density at radius 2 is 0.958 bits per heavy atom. The Kier molecular flexibility index (Phi) is 3.72. The molecule has 0 radical (unpaired) electrons. The van der Waals surface area contributed by atoms with E-state index < -0.39 is 0 Å². The van der Waals surface area contributed by atoms with E-state index in [9.17, 15) is 0 Å². The van der Waals surface area contributed by atoms with Gasteiger partial charge in [-0.2, -0.15) is 0 Å². The van der Waals surface area contributed by atoms with E-state index in [1.165, 1.54) is 46.2 Å². The highest BCUT2D eigenvalue weighted by Gasteiger charge is 2.19. The molecule has 4 rings (SSSR count). The minimum Gasteiger partial charge on any atom is -0.0649 e. The highest BCUT2D eigenvalue weighted by Crippen LogP contribution is 2.36. The topological polar surface area (TPSA) is 0 Å². The van der Waals surface area contributed by atoms with Crippen LogP contribution >= 0.6 is 0 Å². The Bertz CT molecular complexity index is 815. The summed E-state index contributed by atoms with van der Waals surface area (Å²) in [6, 6.07) is 9.06. The van der Waals surface area contributed by atoms with Crippen LogP contribution in [0.1, 0.15) is 57.3 Å². The molecule has 2 aliphatic carbocycles. The van der Waals surface area contributed by atoms with Gasteiger partial charge in [-0.1, -0.05) is 47.6 Å². The molecule has 2 aromatic rings. The molecule has 2 aliphatic rings. The van der Waals surface area contributed by atoms with Gasteiger partial charge in [0.15, 0.2) is 0 Å². The van der Waals surface area contributed by atoms with Crippen LogP contribution in [0, 0.1) is 27.7 Å². The molecule has 0 saturated heterocycles. The monoisotopic (exact) mass is 314 g/mol. The second-order valence-corrected chi connectivity index (χ2v) is 7.64. The maximum Gasteiger partial charge on any atom is -0.00550 e. The molecule has 0 amide bonds. The van der Waals surface area contributed by atoms with Crippen LogP contribution in [0.2, 0.25) is 0 Å². The molecule has 0 aliphatic heterocycles. The van der Waals surface area contributed by atoms with Crippen molar-refractivity contribution in [1.82, 2.24) is 0 Å². The lowest BCUT2D eigenvalue weighted by molar-refractivity contribution is 0.883. The standard InChI is InChI=1S/C24H26/c1-15-5-6-16(2)22-12-19(11-21(15)22)9-10-20-13-23-17(3)7-8-18(4)24(23)14-20/h5-8,11,13H,9-10,12,14H2,1-4H3. The van der Waals surface area contributed by atoms with Gasteiger partial charge in [-0.05, 0) is 97.9 Å². The lowest BCUT2D eigenvalue weighted by atomic mass is 9.97. The fourth-order valence-electron chi connectivity index (χ4n) is 4.26. The first-order valence-electron chi connectivity index (χ1n) is 9.10. The zero-order valence-electron chi connectivity index (χ0n) is 15.3. The zero-order chi connectivity index (χ0) is 16.8. The van der Waals surface area contributed by atoms with E-state index in [0.717, 1.165) is 12.8 Å². The minimum atomic E-state index is 1.15. The second-order valence-electron chi connectivity index (χ2n) is 7.64. The fourth-order valence-corrected chi connectivity index (χ4v) is 4.26. The first-order valence-corrected chi connectivity index (χ1v) is 9.10. The van der Waals surface area contributed by atoms with Gasteiger partial charge in [0.05, 0.1) is 0 Å². The first kappa shape index (κ1) is 15.4. The number of hydrogen-bond acceptors (Lipinski definition) is 0. The quantitative estimate of drug-likeness (QED) is 0.625. The third kappa shape index (κ3) is 2.55. The van der Waals surface area contributed by atoms with E-state index in [2.05, 4.69) is 64.1 Å². The Morgan fingerprint density at radius 3 is 1.33 bits per heavy atom. The van der Waals surface area contributed by atoms with Gasteiger partial charge >= 0.3 is 0 Å². The number of allylic oxidation sites excluding steroid dienone is 2. The summed E-state index contributed by atoms with van der Waals surface area (Å²) in [7, 11) is 0. The predicted octanol–water partition coefficient (Wildman–Crippen LogP) is 6.28. The number of hydrogen-bond donors (Lipinski definition) is 0. The van der Waals surface area contributed by atoms with E-state index in [-0.39, 0.29) is 0 Å². The molecule has 0 saturated carbocycles. The molecule has 0 bridgehead atoms. The molecular weight excluding hydrogens is 288 g/mol. The van der Waals surface area contributed by atoms with Crippen LogP contribution in [0.15, 0.2) is 35.4 Å². The van der Waals surface area contributed by atoms with Crippen LogP contribution in [0.25, 0.3) is 12.2 Å². The third-order valence-corrected chi connectivity index (χ3v) is 5.89. The molecule has 0 aromatic heterocycles. The molecule has 0 heteroatoms. The van der Waals surface area contributed by atoms with Crippen LogP contribution in [-0.2, 0) is 12.8 Å². The number of rotatable bonds is 3. The van der Waals surface area contributed by atoms with Crippen LogP contribution in [0.3, 0.4) is 0 Å². The SMILES string of the molecule is Cc1ccc(C)c2c1C=C(CCC1=Cc3c(C)ccc(C)c3C1)C2. The lowest BCUT2D eigenvalue weighted by Gasteiger charge is -2.07. The molecule has 0 heterocycles. The summed E-state index contributed by atoms with van der Waals surface area (Å²) in [6.45, 7) is 8.96. The smallest absolute Gasteiger partial charge is 0.00550 e. The van der Waals surface area contributed by atoms with Gasteiger partial charge in [0.1, 0.15) is 0 Å². The van der Waals surface area contributed by atoms with Crippen LogP contribution in [0.4, 0.5) is 0 Å². The number of aryl methyl sites for hydroxylation is 4. The van der Waals surface area contributed by atoms with Crippen molar-refractivity contribution in [2.75, 3.05) is 0 Å². The average Bonchev–Trinajstić information content (AvgIpc) is 3.18. The van der Waals surface area contributed by atoms with Gasteiger partial charge in [0, 0.05) is 0 Å². The summed E-state index contributed by atoms with van der Waals surface area (Å²) in [4.78, 5) is 0. The largest absolute Gasteiger partial charge is 0.0649 e. The zero-order valence-corrected chi connectivity index (χ0v) is 15.3. The van der Waals surface area contributed by atoms with Gasteiger partial charge < -0.3 is 0 Å². The van der Waals surface area contributed by atoms with Gasteiger partial charge in [-0.25, -0.2) is 0 Å². The minimum absolute atomic E-state index is 1.15. The molecular formula is C24H26. The Labute approximate surface area is 145 Å². The van der Waals surface area contributed by atoms with Crippen molar-refractivity contribution in [1.29, 1.82) is 0 Å². The van der Waals surface area contributed by atoms with Crippen molar-refractivity contribution in [2.24, 2.45) is 0 Å². The molecule has 0 unspecified atom stereocenters.